The van der Waals surface area contributed by atoms with Gasteiger partial charge < -0.3 is 9.94 Å². The molecule has 0 aromatic carbocycles. The molecule has 0 radical (unpaired) electrons. The average Bonchev–Trinajstić information content (AvgIpc) is 1.67. The van der Waals surface area contributed by atoms with Crippen LogP contribution in [0.15, 0.2) is 0 Å². The van der Waals surface area contributed by atoms with E-state index in [1.54, 1.807) is 0 Å². The van der Waals surface area contributed by atoms with Crippen LogP contribution < -0.4 is 5.48 Å². The second-order valence-electron chi connectivity index (χ2n) is 1.02. The molecule has 0 heterocycles. The van der Waals surface area contributed by atoms with Gasteiger partial charge in [-0.1, -0.05) is 11.6 Å². The highest BCUT2D eigenvalue weighted by molar-refractivity contribution is 6.29. The van der Waals surface area contributed by atoms with Gasteiger partial charge in [-0.25, -0.2) is 4.79 Å². The van der Waals surface area contributed by atoms with Gasteiger partial charge in [0.05, 0.1) is 7.11 Å². The summed E-state index contributed by atoms with van der Waals surface area (Å²) in [5, 5.41) is 8.04. The first-order valence-corrected chi connectivity index (χ1v) is 2.27. The van der Waals surface area contributed by atoms with E-state index in [0.29, 0.717) is 0 Å². The van der Waals surface area contributed by atoms with Gasteiger partial charge >= 0.3 is 5.97 Å². The van der Waals surface area contributed by atoms with Crippen molar-refractivity contribution in [3.05, 3.63) is 0 Å². The van der Waals surface area contributed by atoms with Crippen molar-refractivity contribution in [3.8, 4) is 0 Å². The predicted octanol–water partition coefficient (Wildman–Crippen LogP) is -0.213. The molecule has 0 spiro atoms. The third-order valence-electron chi connectivity index (χ3n) is 0.438. The Morgan fingerprint density at radius 1 is 2.00 bits per heavy atom. The molecule has 0 saturated heterocycles. The summed E-state index contributed by atoms with van der Waals surface area (Å²) in [6.45, 7) is 0. The maximum Gasteiger partial charge on any atom is 0.338 e. The summed E-state index contributed by atoms with van der Waals surface area (Å²) in [5.41, 5.74) is 0.844. The number of alkyl halides is 1. The Morgan fingerprint density at radius 3 is 2.62 bits per heavy atom. The zero-order chi connectivity index (χ0) is 6.57. The maximum absolute atomic E-state index is 9.81. The third-order valence-corrected chi connectivity index (χ3v) is 0.714. The average molecular weight is 140 g/mol. The largest absolute Gasteiger partial charge is 0.479 e. The van der Waals surface area contributed by atoms with Crippen LogP contribution >= 0.6 is 11.6 Å². The van der Waals surface area contributed by atoms with E-state index in [9.17, 15) is 4.79 Å². The van der Waals surface area contributed by atoms with Gasteiger partial charge in [0.25, 0.3) is 0 Å². The molecule has 0 saturated carbocycles. The minimum absolute atomic E-state index is 1.16. The number of halogens is 1. The van der Waals surface area contributed by atoms with Crippen LogP contribution in [0.1, 0.15) is 0 Å². The number of nitrogens with one attached hydrogen (secondary N) is 1. The molecule has 0 aliphatic heterocycles. The van der Waals surface area contributed by atoms with Crippen LogP contribution in [0.25, 0.3) is 0 Å². The Labute approximate surface area is 51.3 Å². The van der Waals surface area contributed by atoms with Crippen molar-refractivity contribution in [3.63, 3.8) is 0 Å². The van der Waals surface area contributed by atoms with Crippen LogP contribution in [0, 0.1) is 0 Å². The summed E-state index contributed by atoms with van der Waals surface area (Å²) in [7, 11) is 1.29. The summed E-state index contributed by atoms with van der Waals surface area (Å²) < 4.78 is 0. The lowest BCUT2D eigenvalue weighted by molar-refractivity contribution is -0.140. The molecular weight excluding hydrogens is 133 g/mol. The van der Waals surface area contributed by atoms with Crippen LogP contribution in [-0.2, 0) is 9.63 Å². The number of hydrogen-bond donors (Lipinski definition) is 2. The molecule has 0 aromatic heterocycles. The quantitative estimate of drug-likeness (QED) is 0.323. The van der Waals surface area contributed by atoms with Crippen LogP contribution in [0.2, 0.25) is 0 Å². The third kappa shape index (κ3) is 2.79. The highest BCUT2D eigenvalue weighted by Crippen LogP contribution is 1.87. The Bertz CT molecular complexity index is 86.6. The van der Waals surface area contributed by atoms with Crippen molar-refractivity contribution in [2.75, 3.05) is 7.11 Å². The molecule has 0 aliphatic rings. The monoisotopic (exact) mass is 139 g/mol. The lowest BCUT2D eigenvalue weighted by Gasteiger charge is -2.01. The summed E-state index contributed by atoms with van der Waals surface area (Å²) in [6, 6.07) is 0. The van der Waals surface area contributed by atoms with E-state index in [0.717, 1.165) is 0 Å². The lowest BCUT2D eigenvalue weighted by atomic mass is 10.7. The van der Waals surface area contributed by atoms with Crippen molar-refractivity contribution in [1.82, 2.24) is 5.48 Å². The Kier molecular flexibility index (Phi) is 3.51. The number of carboxylic acid groups (broad SMARTS) is 1. The fourth-order valence-electron chi connectivity index (χ4n) is 0.154. The highest BCUT2D eigenvalue weighted by Gasteiger charge is 2.10. The molecular formula is C3H6ClNO3. The van der Waals surface area contributed by atoms with Crippen LogP contribution in [-0.4, -0.2) is 23.7 Å². The summed E-state index contributed by atoms with van der Waals surface area (Å²) in [5.74, 6) is -1.16. The standard InChI is InChI=1S/C3H6ClNO3/c1-8-5-2(4)3(6)7/h2,5H,1H3,(H,6,7)/t2-/m1/s1. The van der Waals surface area contributed by atoms with Gasteiger partial charge in [0, 0.05) is 0 Å². The fraction of sp³-hybridized carbons (Fsp3) is 0.667. The van der Waals surface area contributed by atoms with E-state index in [1.165, 1.54) is 7.11 Å². The Hall–Kier alpha value is -0.320. The second-order valence-corrected chi connectivity index (χ2v) is 1.46. The number of hydroxylamine groups is 1. The fourth-order valence-corrected chi connectivity index (χ4v) is 0.243. The van der Waals surface area contributed by atoms with E-state index in [2.05, 4.69) is 4.84 Å². The van der Waals surface area contributed by atoms with E-state index in [4.69, 9.17) is 16.7 Å². The van der Waals surface area contributed by atoms with Gasteiger partial charge in [0.1, 0.15) is 0 Å². The minimum Gasteiger partial charge on any atom is -0.479 e. The highest BCUT2D eigenvalue weighted by atomic mass is 35.5. The topological polar surface area (TPSA) is 58.6 Å². The molecule has 0 fully saturated rings. The first-order valence-electron chi connectivity index (χ1n) is 1.84. The smallest absolute Gasteiger partial charge is 0.338 e. The van der Waals surface area contributed by atoms with Crippen molar-refractivity contribution in [2.24, 2.45) is 0 Å². The van der Waals surface area contributed by atoms with Crippen LogP contribution in [0.5, 0.6) is 0 Å². The SMILES string of the molecule is CON[C@@H](Cl)C(=O)O. The molecule has 2 N–H and O–H groups in total. The summed E-state index contributed by atoms with van der Waals surface area (Å²) in [4.78, 5) is 14.0. The van der Waals surface area contributed by atoms with Gasteiger partial charge in [0.15, 0.2) is 0 Å². The number of hydrogen-bond acceptors (Lipinski definition) is 3. The predicted molar refractivity (Wildman–Crippen MR) is 27.4 cm³/mol. The summed E-state index contributed by atoms with van der Waals surface area (Å²) >= 11 is 5.08. The maximum atomic E-state index is 9.81. The molecule has 1 atom stereocenters. The Morgan fingerprint density at radius 2 is 2.50 bits per heavy atom. The van der Waals surface area contributed by atoms with Gasteiger partial charge in [-0.3, -0.25) is 0 Å². The minimum atomic E-state index is -1.17. The molecule has 0 unspecified atom stereocenters. The van der Waals surface area contributed by atoms with Gasteiger partial charge in [-0.05, 0) is 0 Å². The molecule has 4 nitrogen and oxygen atoms in total. The van der Waals surface area contributed by atoms with Crippen LogP contribution in [0.3, 0.4) is 0 Å². The zero-order valence-corrected chi connectivity index (χ0v) is 4.97. The van der Waals surface area contributed by atoms with E-state index >= 15 is 0 Å². The molecule has 0 aliphatic carbocycles. The number of aliphatic carboxylic acids is 1. The van der Waals surface area contributed by atoms with E-state index in [1.807, 2.05) is 5.48 Å². The first kappa shape index (κ1) is 7.68. The molecule has 0 amide bonds. The molecule has 5 heteroatoms. The summed E-state index contributed by atoms with van der Waals surface area (Å²) in [6.07, 6.45) is 0. The normalized spacial score (nSPS) is 13.2. The van der Waals surface area contributed by atoms with Crippen molar-refractivity contribution >= 4 is 17.6 Å². The lowest BCUT2D eigenvalue weighted by Crippen LogP contribution is -2.30. The Balaban J connectivity index is 3.32. The zero-order valence-electron chi connectivity index (χ0n) is 4.22. The molecule has 8 heavy (non-hydrogen) atoms. The number of carbonyl (C=O) groups is 1. The number of carboxylic acids is 1. The molecule has 0 aromatic rings. The molecule has 48 valence electrons. The van der Waals surface area contributed by atoms with Gasteiger partial charge in [0.2, 0.25) is 5.50 Å². The number of rotatable bonds is 3. The molecule has 0 rings (SSSR count). The van der Waals surface area contributed by atoms with Crippen LogP contribution in [0.4, 0.5) is 0 Å². The van der Waals surface area contributed by atoms with Gasteiger partial charge in [-0.2, -0.15) is 5.48 Å². The first-order chi connectivity index (χ1) is 3.68. The van der Waals surface area contributed by atoms with E-state index in [-0.39, 0.29) is 0 Å². The van der Waals surface area contributed by atoms with Crippen molar-refractivity contribution in [1.29, 1.82) is 0 Å². The van der Waals surface area contributed by atoms with Crippen molar-refractivity contribution < 1.29 is 14.7 Å². The second kappa shape index (κ2) is 3.65. The van der Waals surface area contributed by atoms with E-state index < -0.39 is 11.5 Å². The van der Waals surface area contributed by atoms with Crippen molar-refractivity contribution in [2.45, 2.75) is 5.50 Å². The van der Waals surface area contributed by atoms with Gasteiger partial charge in [-0.15, -0.1) is 0 Å². The molecule has 0 bridgehead atoms.